The molecule has 0 radical (unpaired) electrons. The molecule has 0 unspecified atom stereocenters. The van der Waals surface area contributed by atoms with Gasteiger partial charge in [0.15, 0.2) is 0 Å². The first-order valence-electron chi connectivity index (χ1n) is 8.73. The Morgan fingerprint density at radius 3 is 3.04 bits per heavy atom. The van der Waals surface area contributed by atoms with Gasteiger partial charge < -0.3 is 14.6 Å². The van der Waals surface area contributed by atoms with Crippen molar-refractivity contribution in [2.75, 3.05) is 20.2 Å². The molecule has 6 nitrogen and oxygen atoms in total. The van der Waals surface area contributed by atoms with E-state index in [1.54, 1.807) is 7.11 Å². The second-order valence-corrected chi connectivity index (χ2v) is 6.39. The van der Waals surface area contributed by atoms with Gasteiger partial charge in [0.1, 0.15) is 17.2 Å². The van der Waals surface area contributed by atoms with Crippen LogP contribution < -0.4 is 10.1 Å². The third-order valence-corrected chi connectivity index (χ3v) is 4.65. The molecular weight excluding hydrogens is 318 g/mol. The molecule has 1 N–H and O–H groups in total. The van der Waals surface area contributed by atoms with Crippen molar-refractivity contribution in [2.45, 2.75) is 38.8 Å². The fraction of sp³-hybridized carbons (Fsp3) is 0.474. The van der Waals surface area contributed by atoms with Crippen LogP contribution in [0.5, 0.6) is 5.75 Å². The van der Waals surface area contributed by atoms with Crippen molar-refractivity contribution in [3.05, 3.63) is 47.3 Å². The predicted octanol–water partition coefficient (Wildman–Crippen LogP) is 2.84. The molecule has 2 aromatic rings. The summed E-state index contributed by atoms with van der Waals surface area (Å²) in [6.45, 7) is 4.11. The van der Waals surface area contributed by atoms with Gasteiger partial charge in [0.25, 0.3) is 0 Å². The topological polar surface area (TPSA) is 67.6 Å². The van der Waals surface area contributed by atoms with Crippen molar-refractivity contribution >= 4 is 5.91 Å². The third kappa shape index (κ3) is 4.39. The van der Waals surface area contributed by atoms with Gasteiger partial charge in [-0.2, -0.15) is 0 Å². The highest BCUT2D eigenvalue weighted by molar-refractivity contribution is 5.76. The fourth-order valence-corrected chi connectivity index (χ4v) is 3.35. The van der Waals surface area contributed by atoms with Gasteiger partial charge in [0, 0.05) is 31.1 Å². The van der Waals surface area contributed by atoms with Gasteiger partial charge in [0.2, 0.25) is 5.91 Å². The van der Waals surface area contributed by atoms with E-state index in [1.165, 1.54) is 0 Å². The molecule has 1 fully saturated rings. The van der Waals surface area contributed by atoms with Crippen LogP contribution in [0.15, 0.2) is 34.9 Å². The number of amides is 1. The van der Waals surface area contributed by atoms with E-state index in [0.717, 1.165) is 48.7 Å². The van der Waals surface area contributed by atoms with Crippen molar-refractivity contribution in [3.8, 4) is 5.75 Å². The maximum absolute atomic E-state index is 12.2. The molecule has 1 aromatic heterocycles. The highest BCUT2D eigenvalue weighted by Crippen LogP contribution is 2.31. The Morgan fingerprint density at radius 2 is 2.28 bits per heavy atom. The number of ether oxygens (including phenoxy) is 1. The predicted molar refractivity (Wildman–Crippen MR) is 94.2 cm³/mol. The Kier molecular flexibility index (Phi) is 5.71. The molecule has 0 spiro atoms. The number of para-hydroxylation sites is 1. The standard InChI is InChI=1S/C19H25N3O3/c1-14-12-16(21-25-14)17-7-5-10-22(17)11-9-19(23)20-13-15-6-3-4-8-18(15)24-2/h3-4,6,8,12,17H,5,7,9-11,13H2,1-2H3,(H,20,23)/t17-/m0/s1. The van der Waals surface area contributed by atoms with Crippen LogP contribution in [-0.4, -0.2) is 36.2 Å². The molecule has 134 valence electrons. The summed E-state index contributed by atoms with van der Waals surface area (Å²) in [5.74, 6) is 1.67. The monoisotopic (exact) mass is 343 g/mol. The quantitative estimate of drug-likeness (QED) is 0.837. The number of likely N-dealkylation sites (tertiary alicyclic amines) is 1. The number of carbonyl (C=O) groups is 1. The van der Waals surface area contributed by atoms with Gasteiger partial charge in [-0.3, -0.25) is 9.69 Å². The molecule has 1 amide bonds. The summed E-state index contributed by atoms with van der Waals surface area (Å²) < 4.78 is 10.5. The zero-order valence-electron chi connectivity index (χ0n) is 14.8. The summed E-state index contributed by atoms with van der Waals surface area (Å²) in [6, 6.07) is 9.98. The van der Waals surface area contributed by atoms with Gasteiger partial charge in [0.05, 0.1) is 13.2 Å². The number of hydrogen-bond acceptors (Lipinski definition) is 5. The SMILES string of the molecule is COc1ccccc1CNC(=O)CCN1CCC[C@H]1c1cc(C)on1. The second kappa shape index (κ2) is 8.16. The molecule has 1 atom stereocenters. The van der Waals surface area contributed by atoms with E-state index in [-0.39, 0.29) is 11.9 Å². The number of hydrogen-bond donors (Lipinski definition) is 1. The minimum absolute atomic E-state index is 0.0490. The van der Waals surface area contributed by atoms with Crippen LogP contribution in [0.25, 0.3) is 0 Å². The van der Waals surface area contributed by atoms with E-state index in [1.807, 2.05) is 37.3 Å². The van der Waals surface area contributed by atoms with E-state index in [9.17, 15) is 4.79 Å². The molecular formula is C19H25N3O3. The van der Waals surface area contributed by atoms with Gasteiger partial charge in [-0.25, -0.2) is 0 Å². The normalized spacial score (nSPS) is 17.6. The summed E-state index contributed by atoms with van der Waals surface area (Å²) in [7, 11) is 1.64. The van der Waals surface area contributed by atoms with E-state index < -0.39 is 0 Å². The van der Waals surface area contributed by atoms with Crippen LogP contribution in [0.3, 0.4) is 0 Å². The first kappa shape index (κ1) is 17.5. The lowest BCUT2D eigenvalue weighted by Crippen LogP contribution is -2.30. The van der Waals surface area contributed by atoms with Crippen LogP contribution in [0.4, 0.5) is 0 Å². The smallest absolute Gasteiger partial charge is 0.221 e. The Labute approximate surface area is 148 Å². The molecule has 1 aromatic carbocycles. The minimum atomic E-state index is 0.0490. The van der Waals surface area contributed by atoms with E-state index in [0.29, 0.717) is 13.0 Å². The van der Waals surface area contributed by atoms with Crippen LogP contribution >= 0.6 is 0 Å². The summed E-state index contributed by atoms with van der Waals surface area (Å²) in [4.78, 5) is 14.5. The molecule has 2 heterocycles. The maximum Gasteiger partial charge on any atom is 0.221 e. The van der Waals surface area contributed by atoms with Gasteiger partial charge >= 0.3 is 0 Å². The third-order valence-electron chi connectivity index (χ3n) is 4.65. The number of aromatic nitrogens is 1. The average molecular weight is 343 g/mol. The number of nitrogens with one attached hydrogen (secondary N) is 1. The maximum atomic E-state index is 12.2. The summed E-state index contributed by atoms with van der Waals surface area (Å²) >= 11 is 0. The molecule has 1 aliphatic heterocycles. The van der Waals surface area contributed by atoms with E-state index >= 15 is 0 Å². The summed E-state index contributed by atoms with van der Waals surface area (Å²) in [5, 5.41) is 7.12. The van der Waals surface area contributed by atoms with Crippen LogP contribution in [-0.2, 0) is 11.3 Å². The van der Waals surface area contributed by atoms with Crippen LogP contribution in [0.2, 0.25) is 0 Å². The van der Waals surface area contributed by atoms with Crippen molar-refractivity contribution in [2.24, 2.45) is 0 Å². The molecule has 1 saturated heterocycles. The number of carbonyl (C=O) groups excluding carboxylic acids is 1. The lowest BCUT2D eigenvalue weighted by atomic mass is 10.1. The van der Waals surface area contributed by atoms with Crippen LogP contribution in [0.1, 0.15) is 42.3 Å². The lowest BCUT2D eigenvalue weighted by Gasteiger charge is -2.22. The van der Waals surface area contributed by atoms with E-state index in [4.69, 9.17) is 9.26 Å². The van der Waals surface area contributed by atoms with Crippen LogP contribution in [0, 0.1) is 6.92 Å². The van der Waals surface area contributed by atoms with E-state index in [2.05, 4.69) is 15.4 Å². The second-order valence-electron chi connectivity index (χ2n) is 6.39. The minimum Gasteiger partial charge on any atom is -0.496 e. The fourth-order valence-electron chi connectivity index (χ4n) is 3.35. The first-order valence-corrected chi connectivity index (χ1v) is 8.73. The number of benzene rings is 1. The van der Waals surface area contributed by atoms with Gasteiger partial charge in [-0.05, 0) is 32.4 Å². The van der Waals surface area contributed by atoms with Crippen molar-refractivity contribution in [1.29, 1.82) is 0 Å². The number of rotatable bonds is 7. The molecule has 3 rings (SSSR count). The lowest BCUT2D eigenvalue weighted by molar-refractivity contribution is -0.121. The Balaban J connectivity index is 1.48. The largest absolute Gasteiger partial charge is 0.496 e. The number of methoxy groups -OCH3 is 1. The zero-order chi connectivity index (χ0) is 17.6. The Bertz CT molecular complexity index is 713. The zero-order valence-corrected chi connectivity index (χ0v) is 14.8. The molecule has 25 heavy (non-hydrogen) atoms. The molecule has 0 aliphatic carbocycles. The number of nitrogens with zero attached hydrogens (tertiary/aromatic N) is 2. The first-order chi connectivity index (χ1) is 12.2. The van der Waals surface area contributed by atoms with Crippen molar-refractivity contribution in [1.82, 2.24) is 15.4 Å². The van der Waals surface area contributed by atoms with Gasteiger partial charge in [-0.1, -0.05) is 23.4 Å². The summed E-state index contributed by atoms with van der Waals surface area (Å²) in [5.41, 5.74) is 1.96. The average Bonchev–Trinajstić information content (AvgIpc) is 3.26. The highest BCUT2D eigenvalue weighted by atomic mass is 16.5. The highest BCUT2D eigenvalue weighted by Gasteiger charge is 2.28. The summed E-state index contributed by atoms with van der Waals surface area (Å²) in [6.07, 6.45) is 2.66. The molecule has 0 saturated carbocycles. The Morgan fingerprint density at radius 1 is 1.44 bits per heavy atom. The van der Waals surface area contributed by atoms with Crippen molar-refractivity contribution < 1.29 is 14.1 Å². The molecule has 6 heteroatoms. The number of aryl methyl sites for hydroxylation is 1. The molecule has 0 bridgehead atoms. The Hall–Kier alpha value is -2.34. The van der Waals surface area contributed by atoms with Crippen molar-refractivity contribution in [3.63, 3.8) is 0 Å². The van der Waals surface area contributed by atoms with Gasteiger partial charge in [-0.15, -0.1) is 0 Å². The molecule has 1 aliphatic rings.